The van der Waals surface area contributed by atoms with Crippen LogP contribution in [-0.4, -0.2) is 49.4 Å². The number of amides is 1. The molecule has 0 N–H and O–H groups in total. The zero-order valence-corrected chi connectivity index (χ0v) is 20.2. The number of benzene rings is 1. The largest absolute Gasteiger partial charge is 0.469 e. The summed E-state index contributed by atoms with van der Waals surface area (Å²) in [5.41, 5.74) is 0.0577. The minimum Gasteiger partial charge on any atom is -0.469 e. The van der Waals surface area contributed by atoms with Crippen molar-refractivity contribution >= 4 is 12.1 Å². The lowest BCUT2D eigenvalue weighted by atomic mass is 9.72. The van der Waals surface area contributed by atoms with E-state index in [1.165, 1.54) is 7.11 Å². The van der Waals surface area contributed by atoms with E-state index < -0.39 is 16.4 Å². The number of esters is 1. The van der Waals surface area contributed by atoms with Crippen molar-refractivity contribution in [2.75, 3.05) is 26.8 Å². The molecule has 1 fully saturated rings. The van der Waals surface area contributed by atoms with Gasteiger partial charge in [-0.2, -0.15) is 5.26 Å². The molecule has 1 aliphatic heterocycles. The monoisotopic (exact) mass is 444 g/mol. The van der Waals surface area contributed by atoms with Crippen LogP contribution in [0.25, 0.3) is 0 Å². The molecule has 176 valence electrons. The van der Waals surface area contributed by atoms with E-state index in [-0.39, 0.29) is 12.1 Å². The molecule has 0 aromatic heterocycles. The van der Waals surface area contributed by atoms with Crippen LogP contribution in [0.3, 0.4) is 0 Å². The number of methoxy groups -OCH3 is 1. The summed E-state index contributed by atoms with van der Waals surface area (Å²) < 4.78 is 16.2. The van der Waals surface area contributed by atoms with E-state index in [1.807, 2.05) is 58.9 Å². The smallest absolute Gasteiger partial charge is 0.410 e. The molecule has 1 aromatic carbocycles. The third-order valence-electron chi connectivity index (χ3n) is 5.88. The second kappa shape index (κ2) is 10.4. The van der Waals surface area contributed by atoms with Gasteiger partial charge in [0.25, 0.3) is 0 Å². The summed E-state index contributed by atoms with van der Waals surface area (Å²) >= 11 is 0. The van der Waals surface area contributed by atoms with Gasteiger partial charge in [-0.3, -0.25) is 4.79 Å². The average molecular weight is 445 g/mol. The van der Waals surface area contributed by atoms with Gasteiger partial charge in [0.2, 0.25) is 0 Å². The average Bonchev–Trinajstić information content (AvgIpc) is 2.75. The summed E-state index contributed by atoms with van der Waals surface area (Å²) in [7, 11) is 1.39. The molecular formula is C25H36N2O5. The van der Waals surface area contributed by atoms with Crippen LogP contribution in [0.2, 0.25) is 0 Å². The van der Waals surface area contributed by atoms with Crippen molar-refractivity contribution in [2.45, 2.75) is 71.5 Å². The number of hydrogen-bond acceptors (Lipinski definition) is 6. The van der Waals surface area contributed by atoms with E-state index in [9.17, 15) is 14.9 Å². The molecule has 1 aliphatic rings. The van der Waals surface area contributed by atoms with Gasteiger partial charge in [0, 0.05) is 19.7 Å². The fourth-order valence-electron chi connectivity index (χ4n) is 3.84. The zero-order chi connectivity index (χ0) is 24.0. The Morgan fingerprint density at radius 1 is 1.12 bits per heavy atom. The molecule has 7 nitrogen and oxygen atoms in total. The van der Waals surface area contributed by atoms with E-state index in [2.05, 4.69) is 6.07 Å². The van der Waals surface area contributed by atoms with Gasteiger partial charge in [-0.1, -0.05) is 24.3 Å². The molecule has 1 heterocycles. The first-order valence-corrected chi connectivity index (χ1v) is 11.1. The lowest BCUT2D eigenvalue weighted by Crippen LogP contribution is -2.46. The van der Waals surface area contributed by atoms with Gasteiger partial charge in [0.1, 0.15) is 5.60 Å². The van der Waals surface area contributed by atoms with Crippen LogP contribution < -0.4 is 0 Å². The van der Waals surface area contributed by atoms with Crippen LogP contribution in [0.1, 0.15) is 65.0 Å². The number of rotatable bonds is 7. The topological polar surface area (TPSA) is 88.9 Å². The predicted molar refractivity (Wildman–Crippen MR) is 121 cm³/mol. The molecule has 0 bridgehead atoms. The predicted octanol–water partition coefficient (Wildman–Crippen LogP) is 4.58. The van der Waals surface area contributed by atoms with E-state index >= 15 is 0 Å². The first-order valence-electron chi connectivity index (χ1n) is 11.1. The maximum absolute atomic E-state index is 12.4. The molecular weight excluding hydrogens is 408 g/mol. The van der Waals surface area contributed by atoms with Gasteiger partial charge >= 0.3 is 12.1 Å². The second-order valence-electron chi connectivity index (χ2n) is 10.00. The lowest BCUT2D eigenvalue weighted by molar-refractivity contribution is -0.151. The van der Waals surface area contributed by atoms with E-state index in [1.54, 1.807) is 4.90 Å². The molecule has 7 heteroatoms. The minimum absolute atomic E-state index is 0.262. The quantitative estimate of drug-likeness (QED) is 0.452. The SMILES string of the molecule is COC(=O)C(C)(C)CCOCc1ccccc1C1(C#N)CCN(C(=O)OC(C)(C)C)CC1. The summed E-state index contributed by atoms with van der Waals surface area (Å²) in [6.07, 6.45) is 1.27. The zero-order valence-electron chi connectivity index (χ0n) is 20.2. The minimum atomic E-state index is -0.677. The Balaban J connectivity index is 2.05. The third-order valence-corrected chi connectivity index (χ3v) is 5.88. The first kappa shape index (κ1) is 25.7. The van der Waals surface area contributed by atoms with Gasteiger partial charge in [0.15, 0.2) is 0 Å². The van der Waals surface area contributed by atoms with Crippen molar-refractivity contribution in [2.24, 2.45) is 5.41 Å². The fourth-order valence-corrected chi connectivity index (χ4v) is 3.84. The van der Waals surface area contributed by atoms with Crippen molar-refractivity contribution in [3.05, 3.63) is 35.4 Å². The molecule has 0 radical (unpaired) electrons. The number of hydrogen-bond donors (Lipinski definition) is 0. The summed E-state index contributed by atoms with van der Waals surface area (Å²) in [6, 6.07) is 10.3. The molecule has 0 atom stereocenters. The van der Waals surface area contributed by atoms with Crippen LogP contribution >= 0.6 is 0 Å². The number of carbonyl (C=O) groups is 2. The maximum atomic E-state index is 12.4. The maximum Gasteiger partial charge on any atom is 0.410 e. The second-order valence-corrected chi connectivity index (χ2v) is 10.00. The van der Waals surface area contributed by atoms with Crippen molar-refractivity contribution in [3.63, 3.8) is 0 Å². The molecule has 0 saturated carbocycles. The first-order chi connectivity index (χ1) is 14.9. The molecule has 32 heavy (non-hydrogen) atoms. The Bertz CT molecular complexity index is 843. The number of ether oxygens (including phenoxy) is 3. The molecule has 1 saturated heterocycles. The highest BCUT2D eigenvalue weighted by atomic mass is 16.6. The number of nitrogens with zero attached hydrogens (tertiary/aromatic N) is 2. The Hall–Kier alpha value is -2.59. The van der Waals surface area contributed by atoms with E-state index in [4.69, 9.17) is 14.2 Å². The van der Waals surface area contributed by atoms with Crippen LogP contribution in [0.15, 0.2) is 24.3 Å². The molecule has 1 amide bonds. The fraction of sp³-hybridized carbons (Fsp3) is 0.640. The van der Waals surface area contributed by atoms with Crippen molar-refractivity contribution in [3.8, 4) is 6.07 Å². The van der Waals surface area contributed by atoms with E-state index in [0.717, 1.165) is 11.1 Å². The van der Waals surface area contributed by atoms with Gasteiger partial charge in [-0.15, -0.1) is 0 Å². The number of carbonyl (C=O) groups excluding carboxylic acids is 2. The molecule has 1 aromatic rings. The molecule has 0 unspecified atom stereocenters. The van der Waals surface area contributed by atoms with E-state index in [0.29, 0.717) is 45.6 Å². The van der Waals surface area contributed by atoms with Gasteiger partial charge < -0.3 is 19.1 Å². The molecule has 0 spiro atoms. The third kappa shape index (κ3) is 6.46. The number of piperidine rings is 1. The summed E-state index contributed by atoms with van der Waals surface area (Å²) in [6.45, 7) is 10.9. The van der Waals surface area contributed by atoms with Crippen molar-refractivity contribution in [1.29, 1.82) is 5.26 Å². The highest BCUT2D eigenvalue weighted by molar-refractivity contribution is 5.75. The standard InChI is InChI=1S/C25H36N2O5/c1-23(2,3)32-22(29)27-14-11-25(18-26,12-15-27)20-10-8-7-9-19(20)17-31-16-13-24(4,5)21(28)30-6/h7-10H,11-17H2,1-6H3. The van der Waals surface area contributed by atoms with Crippen LogP contribution in [0.5, 0.6) is 0 Å². The Morgan fingerprint density at radius 2 is 1.75 bits per heavy atom. The van der Waals surface area contributed by atoms with Crippen LogP contribution in [-0.2, 0) is 31.0 Å². The normalized spacial score (nSPS) is 16.2. The lowest BCUT2D eigenvalue weighted by Gasteiger charge is -2.38. The Kier molecular flexibility index (Phi) is 8.30. The summed E-state index contributed by atoms with van der Waals surface area (Å²) in [5, 5.41) is 10.1. The van der Waals surface area contributed by atoms with Gasteiger partial charge in [0.05, 0.1) is 30.6 Å². The van der Waals surface area contributed by atoms with Crippen LogP contribution in [0.4, 0.5) is 4.79 Å². The highest BCUT2D eigenvalue weighted by Gasteiger charge is 2.40. The van der Waals surface area contributed by atoms with Gasteiger partial charge in [-0.05, 0) is 65.0 Å². The number of likely N-dealkylation sites (tertiary alicyclic amines) is 1. The highest BCUT2D eigenvalue weighted by Crippen LogP contribution is 2.37. The Morgan fingerprint density at radius 3 is 2.31 bits per heavy atom. The Labute approximate surface area is 191 Å². The summed E-state index contributed by atoms with van der Waals surface area (Å²) in [4.78, 5) is 25.9. The van der Waals surface area contributed by atoms with Gasteiger partial charge in [-0.25, -0.2) is 4.79 Å². The molecule has 2 rings (SSSR count). The summed E-state index contributed by atoms with van der Waals surface area (Å²) in [5.74, 6) is -0.262. The van der Waals surface area contributed by atoms with Crippen molar-refractivity contribution < 1.29 is 23.8 Å². The molecule has 0 aliphatic carbocycles. The van der Waals surface area contributed by atoms with Crippen LogP contribution in [0, 0.1) is 16.7 Å². The number of nitriles is 1. The van der Waals surface area contributed by atoms with Crippen molar-refractivity contribution in [1.82, 2.24) is 4.90 Å².